The van der Waals surface area contributed by atoms with Crippen molar-refractivity contribution in [3.8, 4) is 11.1 Å². The Hall–Kier alpha value is -1.67. The molecule has 0 saturated heterocycles. The van der Waals surface area contributed by atoms with Gasteiger partial charge in [-0.15, -0.1) is 0 Å². The molecule has 2 aromatic rings. The number of nitrogens with zero attached hydrogens (tertiary/aromatic N) is 1. The first-order valence-electron chi connectivity index (χ1n) is 4.47. The molecule has 0 unspecified atom stereocenters. The summed E-state index contributed by atoms with van der Waals surface area (Å²) in [4.78, 5) is 14.7. The molecule has 2 rings (SSSR count). The lowest BCUT2D eigenvalue weighted by atomic mass is 10.0. The first kappa shape index (κ1) is 9.87. The molecule has 3 heteroatoms. The molecular weight excluding hydrogens is 210 g/mol. The average molecular weight is 218 g/mol. The van der Waals surface area contributed by atoms with Crippen LogP contribution < -0.4 is 0 Å². The second-order valence-corrected chi connectivity index (χ2v) is 3.47. The van der Waals surface area contributed by atoms with E-state index in [-0.39, 0.29) is 0 Å². The lowest BCUT2D eigenvalue weighted by Crippen LogP contribution is -1.89. The number of aldehydes is 1. The summed E-state index contributed by atoms with van der Waals surface area (Å²) in [6, 6.07) is 11.3. The van der Waals surface area contributed by atoms with Gasteiger partial charge < -0.3 is 0 Å². The van der Waals surface area contributed by atoms with Crippen molar-refractivity contribution in [3.05, 3.63) is 53.3 Å². The van der Waals surface area contributed by atoms with Crippen LogP contribution in [0.15, 0.2) is 42.6 Å². The summed E-state index contributed by atoms with van der Waals surface area (Å²) in [5, 5.41) is 0.388. The lowest BCUT2D eigenvalue weighted by molar-refractivity contribution is 0.112. The fraction of sp³-hybridized carbons (Fsp3) is 0. The van der Waals surface area contributed by atoms with Crippen molar-refractivity contribution in [2.75, 3.05) is 0 Å². The molecule has 15 heavy (non-hydrogen) atoms. The summed E-state index contributed by atoms with van der Waals surface area (Å²) in [5.74, 6) is 0. The van der Waals surface area contributed by atoms with Crippen molar-refractivity contribution < 1.29 is 4.79 Å². The normalized spacial score (nSPS) is 9.93. The van der Waals surface area contributed by atoms with E-state index < -0.39 is 0 Å². The van der Waals surface area contributed by atoms with Crippen molar-refractivity contribution in [3.63, 3.8) is 0 Å². The predicted octanol–water partition coefficient (Wildman–Crippen LogP) is 3.21. The molecule has 0 aliphatic carbocycles. The maximum atomic E-state index is 10.8. The van der Waals surface area contributed by atoms with Gasteiger partial charge in [-0.1, -0.05) is 41.9 Å². The van der Waals surface area contributed by atoms with E-state index in [1.54, 1.807) is 6.07 Å². The van der Waals surface area contributed by atoms with E-state index in [4.69, 9.17) is 11.6 Å². The van der Waals surface area contributed by atoms with Crippen molar-refractivity contribution in [1.82, 2.24) is 4.98 Å². The molecule has 0 spiro atoms. The third-order valence-electron chi connectivity index (χ3n) is 2.11. The van der Waals surface area contributed by atoms with Gasteiger partial charge in [-0.3, -0.25) is 4.79 Å². The predicted molar refractivity (Wildman–Crippen MR) is 60.1 cm³/mol. The van der Waals surface area contributed by atoms with Gasteiger partial charge in [0, 0.05) is 11.8 Å². The fourth-order valence-electron chi connectivity index (χ4n) is 1.40. The SMILES string of the molecule is O=Cc1cnc(Cl)cc1-c1ccccc1. The quantitative estimate of drug-likeness (QED) is 0.571. The van der Waals surface area contributed by atoms with Crippen LogP contribution in [0, 0.1) is 0 Å². The van der Waals surface area contributed by atoms with Crippen molar-refractivity contribution >= 4 is 17.9 Å². The minimum atomic E-state index is 0.388. The standard InChI is InChI=1S/C12H8ClNO/c13-12-6-11(10(8-15)7-14-12)9-4-2-1-3-5-9/h1-8H. The zero-order valence-corrected chi connectivity index (χ0v) is 8.61. The molecule has 1 heterocycles. The molecule has 0 atom stereocenters. The Kier molecular flexibility index (Phi) is 2.79. The molecule has 0 saturated carbocycles. The van der Waals surface area contributed by atoms with E-state index in [0.717, 1.165) is 17.4 Å². The van der Waals surface area contributed by atoms with E-state index in [9.17, 15) is 4.79 Å². The van der Waals surface area contributed by atoms with Gasteiger partial charge in [0.15, 0.2) is 6.29 Å². The van der Waals surface area contributed by atoms with Gasteiger partial charge in [-0.05, 0) is 17.2 Å². The Bertz CT molecular complexity index is 482. The summed E-state index contributed by atoms with van der Waals surface area (Å²) in [6.45, 7) is 0. The number of pyridine rings is 1. The minimum Gasteiger partial charge on any atom is -0.298 e. The maximum absolute atomic E-state index is 10.8. The fourth-order valence-corrected chi connectivity index (χ4v) is 1.56. The Morgan fingerprint density at radius 1 is 1.20 bits per heavy atom. The summed E-state index contributed by atoms with van der Waals surface area (Å²) in [5.41, 5.74) is 2.32. The number of halogens is 1. The van der Waals surface area contributed by atoms with Gasteiger partial charge >= 0.3 is 0 Å². The molecule has 0 aliphatic rings. The molecule has 0 aliphatic heterocycles. The molecular formula is C12H8ClNO. The van der Waals surface area contributed by atoms with Crippen LogP contribution in [-0.4, -0.2) is 11.3 Å². The van der Waals surface area contributed by atoms with E-state index >= 15 is 0 Å². The summed E-state index contributed by atoms with van der Waals surface area (Å²) in [6.07, 6.45) is 2.27. The lowest BCUT2D eigenvalue weighted by Gasteiger charge is -2.04. The summed E-state index contributed by atoms with van der Waals surface area (Å²) >= 11 is 5.80. The van der Waals surface area contributed by atoms with E-state index in [2.05, 4.69) is 4.98 Å². The number of aromatic nitrogens is 1. The number of carbonyl (C=O) groups is 1. The van der Waals surface area contributed by atoms with E-state index in [1.165, 1.54) is 6.20 Å². The molecule has 0 fully saturated rings. The molecule has 1 aromatic heterocycles. The topological polar surface area (TPSA) is 30.0 Å². The molecule has 1 aromatic carbocycles. The minimum absolute atomic E-state index is 0.388. The van der Waals surface area contributed by atoms with Crippen LogP contribution >= 0.6 is 11.6 Å². The highest BCUT2D eigenvalue weighted by molar-refractivity contribution is 6.29. The smallest absolute Gasteiger partial charge is 0.152 e. The Morgan fingerprint density at radius 2 is 1.93 bits per heavy atom. The Morgan fingerprint density at radius 3 is 2.60 bits per heavy atom. The summed E-state index contributed by atoms with van der Waals surface area (Å²) < 4.78 is 0. The van der Waals surface area contributed by atoms with Crippen molar-refractivity contribution in [1.29, 1.82) is 0 Å². The second-order valence-electron chi connectivity index (χ2n) is 3.08. The number of benzene rings is 1. The van der Waals surface area contributed by atoms with E-state index in [0.29, 0.717) is 10.7 Å². The van der Waals surface area contributed by atoms with Crippen LogP contribution in [0.4, 0.5) is 0 Å². The number of hydrogen-bond donors (Lipinski definition) is 0. The van der Waals surface area contributed by atoms with Crippen LogP contribution in [0.5, 0.6) is 0 Å². The second kappa shape index (κ2) is 4.24. The van der Waals surface area contributed by atoms with Crippen LogP contribution in [0.1, 0.15) is 10.4 Å². The van der Waals surface area contributed by atoms with Gasteiger partial charge in [0.25, 0.3) is 0 Å². The molecule has 74 valence electrons. The van der Waals surface area contributed by atoms with Crippen molar-refractivity contribution in [2.45, 2.75) is 0 Å². The van der Waals surface area contributed by atoms with Crippen LogP contribution in [0.2, 0.25) is 5.15 Å². The monoisotopic (exact) mass is 217 g/mol. The molecule has 0 radical (unpaired) electrons. The van der Waals surface area contributed by atoms with Crippen LogP contribution in [0.25, 0.3) is 11.1 Å². The van der Waals surface area contributed by atoms with E-state index in [1.807, 2.05) is 30.3 Å². The average Bonchev–Trinajstić information content (AvgIpc) is 2.30. The van der Waals surface area contributed by atoms with Gasteiger partial charge in [0.1, 0.15) is 5.15 Å². The number of rotatable bonds is 2. The van der Waals surface area contributed by atoms with Gasteiger partial charge in [0.05, 0.1) is 0 Å². The van der Waals surface area contributed by atoms with Crippen molar-refractivity contribution in [2.24, 2.45) is 0 Å². The highest BCUT2D eigenvalue weighted by atomic mass is 35.5. The largest absolute Gasteiger partial charge is 0.298 e. The number of hydrogen-bond acceptors (Lipinski definition) is 2. The van der Waals surface area contributed by atoms with Crippen LogP contribution in [-0.2, 0) is 0 Å². The zero-order chi connectivity index (χ0) is 10.7. The van der Waals surface area contributed by atoms with Gasteiger partial charge in [0.2, 0.25) is 0 Å². The van der Waals surface area contributed by atoms with Crippen LogP contribution in [0.3, 0.4) is 0 Å². The zero-order valence-electron chi connectivity index (χ0n) is 7.85. The highest BCUT2D eigenvalue weighted by Crippen LogP contribution is 2.24. The molecule has 0 N–H and O–H groups in total. The molecule has 0 amide bonds. The Labute approximate surface area is 92.5 Å². The van der Waals surface area contributed by atoms with Gasteiger partial charge in [-0.2, -0.15) is 0 Å². The molecule has 0 bridgehead atoms. The summed E-state index contributed by atoms with van der Waals surface area (Å²) in [7, 11) is 0. The highest BCUT2D eigenvalue weighted by Gasteiger charge is 2.05. The Balaban J connectivity index is 2.61. The first-order valence-corrected chi connectivity index (χ1v) is 4.85. The first-order chi connectivity index (χ1) is 7.31. The third-order valence-corrected chi connectivity index (χ3v) is 2.32. The maximum Gasteiger partial charge on any atom is 0.152 e. The number of carbonyl (C=O) groups excluding carboxylic acids is 1. The third kappa shape index (κ3) is 2.05. The molecule has 2 nitrogen and oxygen atoms in total. The van der Waals surface area contributed by atoms with Gasteiger partial charge in [-0.25, -0.2) is 4.98 Å².